The molecule has 10 aromatic carbocycles. The van der Waals surface area contributed by atoms with E-state index in [0.29, 0.717) is 0 Å². The van der Waals surface area contributed by atoms with E-state index in [0.717, 1.165) is 5.69 Å². The monoisotopic (exact) mass is 787 g/mol. The van der Waals surface area contributed by atoms with Gasteiger partial charge in [-0.2, -0.15) is 0 Å². The summed E-state index contributed by atoms with van der Waals surface area (Å²) in [4.78, 5) is 0. The highest BCUT2D eigenvalue weighted by Gasteiger charge is 2.23. The van der Waals surface area contributed by atoms with Gasteiger partial charge >= 0.3 is 0 Å². The zero-order valence-electron chi connectivity index (χ0n) is 34.3. The summed E-state index contributed by atoms with van der Waals surface area (Å²) in [6.07, 6.45) is 0. The number of rotatable bonds is 9. The fourth-order valence-corrected chi connectivity index (χ4v) is 9.19. The first-order valence-electron chi connectivity index (χ1n) is 21.4. The first-order valence-corrected chi connectivity index (χ1v) is 21.4. The fraction of sp³-hybridized carbons (Fsp3) is 0. The van der Waals surface area contributed by atoms with Crippen LogP contribution in [0.3, 0.4) is 0 Å². The van der Waals surface area contributed by atoms with Crippen LogP contribution in [0.5, 0.6) is 0 Å². The Bertz CT molecular complexity index is 3100. The van der Waals surface area contributed by atoms with Crippen LogP contribution < -0.4 is 16.4 Å². The predicted molar refractivity (Wildman–Crippen MR) is 266 cm³/mol. The second kappa shape index (κ2) is 16.3. The molecule has 2 heteroatoms. The highest BCUT2D eigenvalue weighted by Crippen LogP contribution is 2.38. The molecule has 290 valence electrons. The quantitative estimate of drug-likeness (QED) is 0.128. The minimum atomic E-state index is 0.0733. The molecule has 11 rings (SSSR count). The molecule has 1 aromatic heterocycles. The molecule has 1 heterocycles. The van der Waals surface area contributed by atoms with Crippen molar-refractivity contribution in [1.82, 2.24) is 4.57 Å². The Labute approximate surface area is 363 Å². The van der Waals surface area contributed by atoms with Gasteiger partial charge in [0.1, 0.15) is 0 Å². The smallest absolute Gasteiger partial charge is 0.241 e. The topological polar surface area (TPSA) is 4.93 Å². The lowest BCUT2D eigenvalue weighted by atomic mass is 9.37. The number of hydrogen-bond donors (Lipinski definition) is 0. The summed E-state index contributed by atoms with van der Waals surface area (Å²) < 4.78 is 2.43. The highest BCUT2D eigenvalue weighted by molar-refractivity contribution is 6.95. The van der Waals surface area contributed by atoms with Gasteiger partial charge in [0.25, 0.3) is 0 Å². The van der Waals surface area contributed by atoms with Crippen molar-refractivity contribution in [2.24, 2.45) is 0 Å². The molecule has 0 aliphatic carbocycles. The van der Waals surface area contributed by atoms with Crippen molar-refractivity contribution in [1.29, 1.82) is 0 Å². The average Bonchev–Trinajstić information content (AvgIpc) is 3.69. The Morgan fingerprint density at radius 1 is 0.226 bits per heavy atom. The second-order valence-corrected chi connectivity index (χ2v) is 16.1. The molecule has 11 aromatic rings. The molecule has 1 nitrogen and oxygen atoms in total. The highest BCUT2D eigenvalue weighted by atomic mass is 15.0. The van der Waals surface area contributed by atoms with Crippen molar-refractivity contribution in [3.8, 4) is 61.3 Å². The molecule has 0 radical (unpaired) electrons. The van der Waals surface area contributed by atoms with E-state index >= 15 is 0 Å². The Kier molecular flexibility index (Phi) is 9.73. The largest absolute Gasteiger partial charge is 0.309 e. The van der Waals surface area contributed by atoms with Crippen molar-refractivity contribution in [3.05, 3.63) is 255 Å². The Morgan fingerprint density at radius 3 is 0.903 bits per heavy atom. The number of aromatic nitrogens is 1. The lowest BCUT2D eigenvalue weighted by Crippen LogP contribution is -2.51. The van der Waals surface area contributed by atoms with Crippen molar-refractivity contribution >= 4 is 44.9 Å². The molecule has 0 spiro atoms. The van der Waals surface area contributed by atoms with Crippen LogP contribution in [-0.2, 0) is 0 Å². The SMILES string of the molecule is c1ccc(-c2ccc(B(c3ccc(-c4ccccc4)cc3)c3ccc(-c4cccc(-n5c6ccc(-c7ccccc7)cc6c6cc(-c7ccccc7)ccc65)c4)cc3)cc2)cc1. The number of fused-ring (bicyclic) bond motifs is 3. The number of hydrogen-bond acceptors (Lipinski definition) is 0. The van der Waals surface area contributed by atoms with E-state index in [1.54, 1.807) is 0 Å². The van der Waals surface area contributed by atoms with Gasteiger partial charge in [0.15, 0.2) is 0 Å². The van der Waals surface area contributed by atoms with E-state index in [1.807, 2.05) is 0 Å². The molecule has 0 N–H and O–H groups in total. The summed E-state index contributed by atoms with van der Waals surface area (Å²) in [5, 5.41) is 2.49. The standard InChI is InChI=1S/C60H42BN/c1-5-14-43(15-6-1)47-24-32-53(33-25-47)61(54-34-26-48(27-35-54)44-16-7-2-8-17-44)55-36-28-49(29-37-55)50-22-13-23-56(40-50)62-59-38-30-51(45-18-9-3-10-19-45)41-57(59)58-42-52(31-39-60(58)62)46-20-11-4-12-21-46/h1-42H. The first-order chi connectivity index (χ1) is 30.7. The van der Waals surface area contributed by atoms with Gasteiger partial charge in [0.2, 0.25) is 6.71 Å². The maximum atomic E-state index is 2.43. The fourth-order valence-electron chi connectivity index (χ4n) is 9.19. The third-order valence-corrected chi connectivity index (χ3v) is 12.4. The Balaban J connectivity index is 0.977. The third-order valence-electron chi connectivity index (χ3n) is 12.4. The Morgan fingerprint density at radius 2 is 0.516 bits per heavy atom. The molecule has 0 atom stereocenters. The molecule has 0 bridgehead atoms. The van der Waals surface area contributed by atoms with Gasteiger partial charge in [-0.25, -0.2) is 0 Å². The summed E-state index contributed by atoms with van der Waals surface area (Å²) in [5.74, 6) is 0. The molecule has 0 saturated heterocycles. The van der Waals surface area contributed by atoms with Crippen LogP contribution in [0.4, 0.5) is 0 Å². The molecular weight excluding hydrogens is 745 g/mol. The van der Waals surface area contributed by atoms with Crippen molar-refractivity contribution in [2.75, 3.05) is 0 Å². The minimum absolute atomic E-state index is 0.0733. The van der Waals surface area contributed by atoms with Crippen LogP contribution in [0.2, 0.25) is 0 Å². The van der Waals surface area contributed by atoms with Crippen molar-refractivity contribution in [3.63, 3.8) is 0 Å². The molecule has 62 heavy (non-hydrogen) atoms. The third kappa shape index (κ3) is 7.12. The van der Waals surface area contributed by atoms with E-state index in [2.05, 4.69) is 259 Å². The zero-order chi connectivity index (χ0) is 41.2. The summed E-state index contributed by atoms with van der Waals surface area (Å²) in [5.41, 5.74) is 19.5. The lowest BCUT2D eigenvalue weighted by Gasteiger charge is -2.18. The van der Waals surface area contributed by atoms with E-state index in [-0.39, 0.29) is 6.71 Å². The lowest BCUT2D eigenvalue weighted by molar-refractivity contribution is 1.18. The van der Waals surface area contributed by atoms with E-state index in [9.17, 15) is 0 Å². The minimum Gasteiger partial charge on any atom is -0.309 e. The first kappa shape index (κ1) is 37.1. The van der Waals surface area contributed by atoms with Crippen LogP contribution >= 0.6 is 0 Å². The van der Waals surface area contributed by atoms with E-state index < -0.39 is 0 Å². The van der Waals surface area contributed by atoms with Crippen LogP contribution in [0.1, 0.15) is 0 Å². The summed E-state index contributed by atoms with van der Waals surface area (Å²) >= 11 is 0. The van der Waals surface area contributed by atoms with Gasteiger partial charge in [0.05, 0.1) is 11.0 Å². The average molecular weight is 788 g/mol. The number of nitrogens with zero attached hydrogens (tertiary/aromatic N) is 1. The van der Waals surface area contributed by atoms with Gasteiger partial charge in [-0.05, 0) is 92.0 Å². The van der Waals surface area contributed by atoms with Gasteiger partial charge in [-0.15, -0.1) is 0 Å². The zero-order valence-corrected chi connectivity index (χ0v) is 34.3. The molecule has 0 amide bonds. The maximum absolute atomic E-state index is 2.43. The normalized spacial score (nSPS) is 11.2. The molecule has 0 aliphatic heterocycles. The van der Waals surface area contributed by atoms with Crippen LogP contribution in [0, 0.1) is 0 Å². The molecule has 0 aliphatic rings. The van der Waals surface area contributed by atoms with Crippen molar-refractivity contribution < 1.29 is 0 Å². The van der Waals surface area contributed by atoms with Gasteiger partial charge in [-0.1, -0.05) is 235 Å². The molecule has 0 fully saturated rings. The van der Waals surface area contributed by atoms with Gasteiger partial charge in [0, 0.05) is 16.5 Å². The molecule has 0 saturated carbocycles. The summed E-state index contributed by atoms with van der Waals surface area (Å²) in [7, 11) is 0. The van der Waals surface area contributed by atoms with E-state index in [4.69, 9.17) is 0 Å². The maximum Gasteiger partial charge on any atom is 0.241 e. The molecule has 0 unspecified atom stereocenters. The number of benzene rings is 10. The predicted octanol–water partition coefficient (Wildman–Crippen LogP) is 13.6. The van der Waals surface area contributed by atoms with Crippen molar-refractivity contribution in [2.45, 2.75) is 0 Å². The second-order valence-electron chi connectivity index (χ2n) is 16.1. The van der Waals surface area contributed by atoms with E-state index in [1.165, 1.54) is 93.8 Å². The van der Waals surface area contributed by atoms with Crippen LogP contribution in [0.15, 0.2) is 255 Å². The van der Waals surface area contributed by atoms with Gasteiger partial charge in [-0.3, -0.25) is 0 Å². The Hall–Kier alpha value is -7.94. The summed E-state index contributed by atoms with van der Waals surface area (Å²) in [6.45, 7) is 0.0733. The molecular formula is C60H42BN. The summed E-state index contributed by atoms with van der Waals surface area (Å²) in [6, 6.07) is 92.9. The van der Waals surface area contributed by atoms with Crippen LogP contribution in [0.25, 0.3) is 83.1 Å². The van der Waals surface area contributed by atoms with Crippen LogP contribution in [-0.4, -0.2) is 11.3 Å². The van der Waals surface area contributed by atoms with Gasteiger partial charge < -0.3 is 4.57 Å².